The fourth-order valence-electron chi connectivity index (χ4n) is 4.99. The Hall–Kier alpha value is -0.0400. The third kappa shape index (κ3) is 1.33. The van der Waals surface area contributed by atoms with Gasteiger partial charge in [0.15, 0.2) is 0 Å². The van der Waals surface area contributed by atoms with Crippen molar-refractivity contribution in [1.29, 1.82) is 0 Å². The van der Waals surface area contributed by atoms with Crippen molar-refractivity contribution in [1.82, 2.24) is 0 Å². The lowest BCUT2D eigenvalue weighted by molar-refractivity contribution is -0.0632. The van der Waals surface area contributed by atoms with Gasteiger partial charge in [-0.15, -0.1) is 0 Å². The lowest BCUT2D eigenvalue weighted by Gasteiger charge is -2.33. The smallest absolute Gasteiger partial charge is 0.0662 e. The highest BCUT2D eigenvalue weighted by Crippen LogP contribution is 2.62. The molecule has 3 aliphatic rings. The summed E-state index contributed by atoms with van der Waals surface area (Å²) in [5.74, 6) is 2.44. The first kappa shape index (κ1) is 11.1. The third-order valence-corrected chi connectivity index (χ3v) is 5.92. The van der Waals surface area contributed by atoms with Crippen molar-refractivity contribution in [2.45, 2.75) is 71.5 Å². The van der Waals surface area contributed by atoms with Crippen LogP contribution in [0.5, 0.6) is 0 Å². The summed E-state index contributed by atoms with van der Waals surface area (Å²) < 4.78 is 6.44. The average molecular weight is 222 g/mol. The molecule has 16 heavy (non-hydrogen) atoms. The molecule has 0 aromatic heterocycles. The molecule has 1 saturated heterocycles. The van der Waals surface area contributed by atoms with Crippen LogP contribution in [0.1, 0.15) is 59.8 Å². The molecule has 2 aliphatic carbocycles. The number of ether oxygens (including phenoxy) is 1. The van der Waals surface area contributed by atoms with E-state index in [1.54, 1.807) is 0 Å². The zero-order chi connectivity index (χ0) is 11.6. The van der Waals surface area contributed by atoms with Crippen LogP contribution >= 0.6 is 0 Å². The van der Waals surface area contributed by atoms with Crippen LogP contribution in [0.15, 0.2) is 0 Å². The van der Waals surface area contributed by atoms with Gasteiger partial charge in [-0.3, -0.25) is 0 Å². The van der Waals surface area contributed by atoms with Gasteiger partial charge in [0.1, 0.15) is 0 Å². The van der Waals surface area contributed by atoms with Crippen molar-refractivity contribution in [2.75, 3.05) is 0 Å². The van der Waals surface area contributed by atoms with Crippen molar-refractivity contribution in [2.24, 2.45) is 23.2 Å². The van der Waals surface area contributed by atoms with Gasteiger partial charge >= 0.3 is 0 Å². The molecule has 0 radical (unpaired) electrons. The van der Waals surface area contributed by atoms with E-state index in [4.69, 9.17) is 4.74 Å². The summed E-state index contributed by atoms with van der Waals surface area (Å²) in [5, 5.41) is 0. The van der Waals surface area contributed by atoms with E-state index in [1.165, 1.54) is 32.1 Å². The van der Waals surface area contributed by atoms with Crippen LogP contribution in [-0.2, 0) is 4.74 Å². The molecule has 0 spiro atoms. The normalized spacial score (nSPS) is 54.8. The summed E-state index contributed by atoms with van der Waals surface area (Å²) in [6.07, 6.45) is 7.63. The van der Waals surface area contributed by atoms with Crippen molar-refractivity contribution in [3.63, 3.8) is 0 Å². The fraction of sp³-hybridized carbons (Fsp3) is 1.00. The molecule has 2 saturated carbocycles. The Bertz CT molecular complexity index is 296. The molecule has 3 fully saturated rings. The maximum atomic E-state index is 6.44. The molecule has 0 bridgehead atoms. The second-order valence-electron chi connectivity index (χ2n) is 7.38. The van der Waals surface area contributed by atoms with E-state index < -0.39 is 0 Å². The first-order chi connectivity index (χ1) is 7.44. The lowest BCUT2D eigenvalue weighted by Crippen LogP contribution is -2.32. The number of hydrogen-bond donors (Lipinski definition) is 0. The Balaban J connectivity index is 2.00. The highest BCUT2D eigenvalue weighted by Gasteiger charge is 2.61. The van der Waals surface area contributed by atoms with Gasteiger partial charge in [0, 0.05) is 0 Å². The van der Waals surface area contributed by atoms with Crippen molar-refractivity contribution in [3.05, 3.63) is 0 Å². The molecule has 1 aliphatic heterocycles. The third-order valence-electron chi connectivity index (χ3n) is 5.92. The monoisotopic (exact) mass is 222 g/mol. The maximum Gasteiger partial charge on any atom is 0.0662 e. The molecular formula is C15H26O. The van der Waals surface area contributed by atoms with Crippen LogP contribution in [0.2, 0.25) is 0 Å². The summed E-state index contributed by atoms with van der Waals surface area (Å²) in [5.41, 5.74) is 0.729. The highest BCUT2D eigenvalue weighted by molar-refractivity contribution is 5.09. The van der Waals surface area contributed by atoms with E-state index in [2.05, 4.69) is 27.7 Å². The van der Waals surface area contributed by atoms with Crippen LogP contribution in [0.4, 0.5) is 0 Å². The van der Waals surface area contributed by atoms with Gasteiger partial charge in [0.05, 0.1) is 11.7 Å². The van der Waals surface area contributed by atoms with Crippen molar-refractivity contribution in [3.8, 4) is 0 Å². The molecule has 0 unspecified atom stereocenters. The molecule has 0 aromatic carbocycles. The number of rotatable bonds is 0. The van der Waals surface area contributed by atoms with E-state index in [-0.39, 0.29) is 5.60 Å². The van der Waals surface area contributed by atoms with E-state index in [0.717, 1.165) is 17.8 Å². The SMILES string of the molecule is C[C@@H]1CCC[C@]2(C)CC[C@H]3[C@@H]2[C@H]1OC3(C)C. The summed E-state index contributed by atoms with van der Waals surface area (Å²) in [4.78, 5) is 0. The van der Waals surface area contributed by atoms with Gasteiger partial charge in [0.25, 0.3) is 0 Å². The Morgan fingerprint density at radius 1 is 1.06 bits per heavy atom. The van der Waals surface area contributed by atoms with E-state index in [1.807, 2.05) is 0 Å². The quantitative estimate of drug-likeness (QED) is 0.601. The molecule has 1 nitrogen and oxygen atoms in total. The minimum atomic E-state index is 0.138. The van der Waals surface area contributed by atoms with Gasteiger partial charge < -0.3 is 4.74 Å². The summed E-state index contributed by atoms with van der Waals surface area (Å²) in [6, 6.07) is 0. The predicted octanol–water partition coefficient (Wildman–Crippen LogP) is 4.02. The molecule has 0 N–H and O–H groups in total. The van der Waals surface area contributed by atoms with Gasteiger partial charge in [-0.25, -0.2) is 0 Å². The van der Waals surface area contributed by atoms with Gasteiger partial charge in [-0.1, -0.05) is 20.3 Å². The first-order valence-electron chi connectivity index (χ1n) is 7.12. The minimum Gasteiger partial charge on any atom is -0.371 e. The van der Waals surface area contributed by atoms with Gasteiger partial charge in [0.2, 0.25) is 0 Å². The van der Waals surface area contributed by atoms with Crippen molar-refractivity contribution >= 4 is 0 Å². The fourth-order valence-corrected chi connectivity index (χ4v) is 4.99. The zero-order valence-corrected chi connectivity index (χ0v) is 11.3. The van der Waals surface area contributed by atoms with Crippen LogP contribution in [-0.4, -0.2) is 11.7 Å². The zero-order valence-electron chi connectivity index (χ0n) is 11.3. The molecule has 0 amide bonds. The molecule has 3 rings (SSSR count). The van der Waals surface area contributed by atoms with Crippen LogP contribution < -0.4 is 0 Å². The topological polar surface area (TPSA) is 9.23 Å². The minimum absolute atomic E-state index is 0.138. The predicted molar refractivity (Wildman–Crippen MR) is 66.3 cm³/mol. The van der Waals surface area contributed by atoms with Crippen LogP contribution in [0.25, 0.3) is 0 Å². The second kappa shape index (κ2) is 3.25. The highest BCUT2D eigenvalue weighted by atomic mass is 16.5. The Labute approximate surface area is 99.9 Å². The average Bonchev–Trinajstić information content (AvgIpc) is 2.62. The van der Waals surface area contributed by atoms with Crippen LogP contribution in [0.3, 0.4) is 0 Å². The maximum absolute atomic E-state index is 6.44. The molecule has 1 heterocycles. The molecule has 92 valence electrons. The van der Waals surface area contributed by atoms with Gasteiger partial charge in [-0.05, 0) is 62.7 Å². The Morgan fingerprint density at radius 3 is 2.56 bits per heavy atom. The number of hydrogen-bond acceptors (Lipinski definition) is 1. The standard InChI is InChI=1S/C15H26O/c1-10-6-5-8-15(4)9-7-11-12(15)13(10)16-14(11,2)3/h10-13H,5-9H2,1-4H3/t10-,11+,12-,13+,15-/m1/s1. The molecule has 0 aromatic rings. The van der Waals surface area contributed by atoms with E-state index in [9.17, 15) is 0 Å². The molecule has 5 atom stereocenters. The lowest BCUT2D eigenvalue weighted by atomic mass is 9.70. The van der Waals surface area contributed by atoms with E-state index >= 15 is 0 Å². The summed E-state index contributed by atoms with van der Waals surface area (Å²) in [6.45, 7) is 9.59. The van der Waals surface area contributed by atoms with Crippen LogP contribution in [0, 0.1) is 23.2 Å². The second-order valence-corrected chi connectivity index (χ2v) is 7.38. The Kier molecular flexibility index (Phi) is 2.25. The summed E-state index contributed by atoms with van der Waals surface area (Å²) in [7, 11) is 0. The van der Waals surface area contributed by atoms with E-state index in [0.29, 0.717) is 11.5 Å². The van der Waals surface area contributed by atoms with Gasteiger partial charge in [-0.2, -0.15) is 0 Å². The summed E-state index contributed by atoms with van der Waals surface area (Å²) >= 11 is 0. The van der Waals surface area contributed by atoms with Crippen molar-refractivity contribution < 1.29 is 4.74 Å². The first-order valence-corrected chi connectivity index (χ1v) is 7.12. The largest absolute Gasteiger partial charge is 0.371 e. The molecular weight excluding hydrogens is 196 g/mol. The molecule has 1 heteroatoms. The Morgan fingerprint density at radius 2 is 1.81 bits per heavy atom.